The van der Waals surface area contributed by atoms with Crippen LogP contribution in [0.15, 0.2) is 27.4 Å². The number of hydrogen-bond acceptors (Lipinski definition) is 7. The zero-order chi connectivity index (χ0) is 18.8. The molecule has 26 heavy (non-hydrogen) atoms. The van der Waals surface area contributed by atoms with Crippen LogP contribution in [0.2, 0.25) is 0 Å². The van der Waals surface area contributed by atoms with Crippen molar-refractivity contribution in [2.75, 3.05) is 52.9 Å². The number of fused-ring (bicyclic) bond motifs is 1. The lowest BCUT2D eigenvalue weighted by atomic mass is 10.1. The Hall–Kier alpha value is -2.00. The van der Waals surface area contributed by atoms with Crippen LogP contribution < -0.4 is 10.4 Å². The summed E-state index contributed by atoms with van der Waals surface area (Å²) >= 11 is 0. The highest BCUT2D eigenvalue weighted by Crippen LogP contribution is 2.23. The van der Waals surface area contributed by atoms with E-state index in [1.807, 2.05) is 0 Å². The molecule has 2 aromatic rings. The molecule has 0 saturated carbocycles. The Kier molecular flexibility index (Phi) is 8.49. The molecule has 1 aromatic carbocycles. The molecule has 144 valence electrons. The smallest absolute Gasteiger partial charge is 0.372 e. The van der Waals surface area contributed by atoms with Crippen molar-refractivity contribution in [2.45, 2.75) is 6.92 Å². The van der Waals surface area contributed by atoms with E-state index in [9.17, 15) is 9.18 Å². The number of rotatable bonds is 12. The molecular weight excluding hydrogens is 347 g/mol. The average molecular weight is 370 g/mol. The molecule has 0 bridgehead atoms. The summed E-state index contributed by atoms with van der Waals surface area (Å²) in [6, 6.07) is 4.89. The van der Waals surface area contributed by atoms with Gasteiger partial charge < -0.3 is 28.5 Å². The molecule has 0 fully saturated rings. The van der Waals surface area contributed by atoms with E-state index in [4.69, 9.17) is 28.5 Å². The Morgan fingerprint density at radius 3 is 2.27 bits per heavy atom. The maximum absolute atomic E-state index is 13.5. The molecule has 0 aliphatic carbocycles. The highest BCUT2D eigenvalue weighted by molar-refractivity contribution is 5.81. The summed E-state index contributed by atoms with van der Waals surface area (Å²) in [6.45, 7) is 4.27. The molecule has 7 nitrogen and oxygen atoms in total. The van der Waals surface area contributed by atoms with E-state index >= 15 is 0 Å². The fourth-order valence-electron chi connectivity index (χ4n) is 2.23. The van der Waals surface area contributed by atoms with Crippen molar-refractivity contribution in [3.63, 3.8) is 0 Å². The summed E-state index contributed by atoms with van der Waals surface area (Å²) in [5.41, 5.74) is -0.450. The van der Waals surface area contributed by atoms with Gasteiger partial charge in [-0.25, -0.2) is 4.79 Å². The molecule has 0 aliphatic heterocycles. The molecule has 2 rings (SSSR count). The van der Waals surface area contributed by atoms with Crippen molar-refractivity contribution in [2.24, 2.45) is 0 Å². The van der Waals surface area contributed by atoms with Gasteiger partial charge in [-0.3, -0.25) is 0 Å². The largest absolute Gasteiger partial charge is 0.491 e. The number of aliphatic hydroxyl groups excluding tert-OH is 1. The Bertz CT molecular complexity index is 744. The number of aliphatic hydroxyl groups is 1. The van der Waals surface area contributed by atoms with Crippen LogP contribution in [0.25, 0.3) is 11.0 Å². The predicted molar refractivity (Wildman–Crippen MR) is 92.2 cm³/mol. The fourth-order valence-corrected chi connectivity index (χ4v) is 2.23. The number of ether oxygens (including phenoxy) is 4. The summed E-state index contributed by atoms with van der Waals surface area (Å²) < 4.78 is 39.7. The van der Waals surface area contributed by atoms with Gasteiger partial charge in [0.05, 0.1) is 46.2 Å². The summed E-state index contributed by atoms with van der Waals surface area (Å²) in [7, 11) is 0. The maximum Gasteiger partial charge on any atom is 0.372 e. The van der Waals surface area contributed by atoms with E-state index in [1.54, 1.807) is 18.2 Å². The van der Waals surface area contributed by atoms with Crippen molar-refractivity contribution in [1.82, 2.24) is 0 Å². The molecule has 0 radical (unpaired) electrons. The van der Waals surface area contributed by atoms with Crippen LogP contribution in [-0.4, -0.2) is 58.0 Å². The minimum atomic E-state index is -0.989. The molecule has 0 aliphatic rings. The minimum Gasteiger partial charge on any atom is -0.491 e. The monoisotopic (exact) mass is 370 g/mol. The lowest BCUT2D eigenvalue weighted by Crippen LogP contribution is -2.13. The zero-order valence-corrected chi connectivity index (χ0v) is 14.7. The van der Waals surface area contributed by atoms with E-state index in [2.05, 4.69) is 0 Å². The molecule has 0 unspecified atom stereocenters. The molecule has 1 N–H and O–H groups in total. The Balaban J connectivity index is 1.66. The average Bonchev–Trinajstić information content (AvgIpc) is 2.64. The highest BCUT2D eigenvalue weighted by atomic mass is 19.1. The van der Waals surface area contributed by atoms with Crippen molar-refractivity contribution < 1.29 is 32.9 Å². The van der Waals surface area contributed by atoms with Gasteiger partial charge in [-0.05, 0) is 19.1 Å². The molecule has 0 saturated heterocycles. The van der Waals surface area contributed by atoms with E-state index < -0.39 is 11.4 Å². The number of benzene rings is 1. The fraction of sp³-hybridized carbons (Fsp3) is 0.500. The minimum absolute atomic E-state index is 0.00294. The van der Waals surface area contributed by atoms with E-state index in [1.165, 1.54) is 6.92 Å². The van der Waals surface area contributed by atoms with Crippen molar-refractivity contribution in [3.8, 4) is 5.75 Å². The third kappa shape index (κ3) is 6.06. The molecule has 1 heterocycles. The summed E-state index contributed by atoms with van der Waals surface area (Å²) in [5.74, 6) is -0.366. The third-order valence-corrected chi connectivity index (χ3v) is 3.54. The lowest BCUT2D eigenvalue weighted by Gasteiger charge is -2.09. The first kappa shape index (κ1) is 20.3. The van der Waals surface area contributed by atoms with Crippen molar-refractivity contribution >= 4 is 11.0 Å². The first-order valence-corrected chi connectivity index (χ1v) is 8.33. The van der Waals surface area contributed by atoms with Gasteiger partial charge in [0.15, 0.2) is 0 Å². The second-order valence-corrected chi connectivity index (χ2v) is 5.40. The third-order valence-electron chi connectivity index (χ3n) is 3.54. The second kappa shape index (κ2) is 10.9. The van der Waals surface area contributed by atoms with Gasteiger partial charge in [0.25, 0.3) is 0 Å². The Morgan fingerprint density at radius 2 is 1.62 bits per heavy atom. The molecular formula is C18H23FO7. The number of halogens is 1. The van der Waals surface area contributed by atoms with E-state index in [0.717, 1.165) is 0 Å². The predicted octanol–water partition coefficient (Wildman–Crippen LogP) is 1.66. The Labute approximate surface area is 150 Å². The number of aryl methyl sites for hydroxylation is 1. The van der Waals surface area contributed by atoms with Gasteiger partial charge >= 0.3 is 5.63 Å². The molecule has 0 atom stereocenters. The normalized spacial score (nSPS) is 11.2. The first-order valence-electron chi connectivity index (χ1n) is 8.33. The van der Waals surface area contributed by atoms with Crippen LogP contribution in [0.5, 0.6) is 5.75 Å². The van der Waals surface area contributed by atoms with Gasteiger partial charge in [0.1, 0.15) is 17.9 Å². The second-order valence-electron chi connectivity index (χ2n) is 5.40. The van der Waals surface area contributed by atoms with Gasteiger partial charge in [-0.15, -0.1) is 0 Å². The summed E-state index contributed by atoms with van der Waals surface area (Å²) in [6.07, 6.45) is 0. The quantitative estimate of drug-likeness (QED) is 0.449. The van der Waals surface area contributed by atoms with Crippen LogP contribution >= 0.6 is 0 Å². The van der Waals surface area contributed by atoms with Crippen LogP contribution in [-0.2, 0) is 14.2 Å². The van der Waals surface area contributed by atoms with E-state index in [0.29, 0.717) is 57.4 Å². The molecule has 8 heteroatoms. The topological polar surface area (TPSA) is 87.4 Å². The van der Waals surface area contributed by atoms with Crippen LogP contribution in [0.3, 0.4) is 0 Å². The Morgan fingerprint density at radius 1 is 1.00 bits per heavy atom. The number of hydrogen-bond donors (Lipinski definition) is 1. The van der Waals surface area contributed by atoms with Gasteiger partial charge in [0, 0.05) is 17.0 Å². The van der Waals surface area contributed by atoms with Gasteiger partial charge in [0.2, 0.25) is 5.82 Å². The zero-order valence-electron chi connectivity index (χ0n) is 14.7. The first-order chi connectivity index (χ1) is 12.6. The molecule has 0 amide bonds. The lowest BCUT2D eigenvalue weighted by molar-refractivity contribution is 0.00361. The standard InChI is InChI=1S/C18H23FO7/c1-13-15-3-2-14(12-16(15)26-18(21)17(13)19)25-11-10-24-9-8-23-7-6-22-5-4-20/h2-3,12,20H,4-11H2,1H3. The van der Waals surface area contributed by atoms with Gasteiger partial charge in [-0.1, -0.05) is 0 Å². The maximum atomic E-state index is 13.5. The van der Waals surface area contributed by atoms with Gasteiger partial charge in [-0.2, -0.15) is 4.39 Å². The van der Waals surface area contributed by atoms with Crippen molar-refractivity contribution in [3.05, 3.63) is 40.0 Å². The molecule has 1 aromatic heterocycles. The highest BCUT2D eigenvalue weighted by Gasteiger charge is 2.11. The van der Waals surface area contributed by atoms with Crippen LogP contribution in [0, 0.1) is 12.7 Å². The van der Waals surface area contributed by atoms with Crippen LogP contribution in [0.4, 0.5) is 4.39 Å². The van der Waals surface area contributed by atoms with E-state index in [-0.39, 0.29) is 17.8 Å². The van der Waals surface area contributed by atoms with Crippen molar-refractivity contribution in [1.29, 1.82) is 0 Å². The SMILES string of the molecule is Cc1c(F)c(=O)oc2cc(OCCOCCOCCOCCO)ccc12. The summed E-state index contributed by atoms with van der Waals surface area (Å²) in [5, 5.41) is 9.06. The molecule has 0 spiro atoms. The summed E-state index contributed by atoms with van der Waals surface area (Å²) in [4.78, 5) is 11.4. The van der Waals surface area contributed by atoms with Crippen LogP contribution in [0.1, 0.15) is 5.56 Å².